The first-order chi connectivity index (χ1) is 14.1. The second kappa shape index (κ2) is 8.04. The van der Waals surface area contributed by atoms with Gasteiger partial charge in [0.15, 0.2) is 16.6 Å². The van der Waals surface area contributed by atoms with Crippen molar-refractivity contribution < 1.29 is 37.3 Å². The zero-order valence-electron chi connectivity index (χ0n) is 15.4. The van der Waals surface area contributed by atoms with Crippen LogP contribution in [-0.4, -0.2) is 37.3 Å². The van der Waals surface area contributed by atoms with E-state index in [2.05, 4.69) is 0 Å². The van der Waals surface area contributed by atoms with Crippen molar-refractivity contribution in [1.82, 2.24) is 0 Å². The maximum atomic E-state index is 12.3. The van der Waals surface area contributed by atoms with Gasteiger partial charge < -0.3 is 14.2 Å². The van der Waals surface area contributed by atoms with Crippen LogP contribution in [0.25, 0.3) is 0 Å². The molecule has 3 rings (SSSR count). The first-order valence-corrected chi connectivity index (χ1v) is 10.1. The number of carbonyl (C=O) groups excluding carboxylic acids is 1. The largest absolute Gasteiger partial charge is 0.467 e. The number of non-ortho nitro benzene ring substituents is 1. The fourth-order valence-corrected chi connectivity index (χ4v) is 3.65. The molecule has 0 aromatic heterocycles. The number of benzene rings is 2. The third-order valence-corrected chi connectivity index (χ3v) is 5.28. The van der Waals surface area contributed by atoms with Gasteiger partial charge in [-0.2, -0.15) is 0 Å². The second-order valence-corrected chi connectivity index (χ2v) is 8.23. The Kier molecular flexibility index (Phi) is 5.67. The summed E-state index contributed by atoms with van der Waals surface area (Å²) >= 11 is 0. The van der Waals surface area contributed by atoms with Crippen molar-refractivity contribution in [1.29, 1.82) is 0 Å². The number of hydrogen-bond acceptors (Lipinski definition) is 10. The highest BCUT2D eigenvalue weighted by molar-refractivity contribution is 7.90. The van der Waals surface area contributed by atoms with Crippen molar-refractivity contribution in [3.8, 4) is 5.75 Å². The third kappa shape index (κ3) is 4.36. The number of esters is 1. The van der Waals surface area contributed by atoms with Gasteiger partial charge in [0.1, 0.15) is 17.3 Å². The SMILES string of the molecule is CS(=O)(=O)c1ccc(C(=O)OCc2cc([N+](=O)[O-])cc3c2OCOC3)cc1[N+](=O)[O-]. The van der Waals surface area contributed by atoms with E-state index in [1.165, 1.54) is 12.1 Å². The molecule has 1 heterocycles. The molecular formula is C17H14N2O10S. The first-order valence-electron chi connectivity index (χ1n) is 8.24. The molecule has 0 amide bonds. The normalized spacial score (nSPS) is 13.1. The minimum atomic E-state index is -3.89. The summed E-state index contributed by atoms with van der Waals surface area (Å²) in [6, 6.07) is 5.30. The van der Waals surface area contributed by atoms with Gasteiger partial charge in [0.2, 0.25) is 0 Å². The molecule has 0 atom stereocenters. The molecule has 0 saturated carbocycles. The fourth-order valence-electron chi connectivity index (χ4n) is 2.82. The molecule has 2 aromatic rings. The number of nitro groups is 2. The molecule has 0 N–H and O–H groups in total. The predicted octanol–water partition coefficient (Wildman–Crippen LogP) is 2.13. The van der Waals surface area contributed by atoms with Gasteiger partial charge in [0.25, 0.3) is 11.4 Å². The molecule has 13 heteroatoms. The van der Waals surface area contributed by atoms with Crippen LogP contribution in [0.3, 0.4) is 0 Å². The molecule has 158 valence electrons. The highest BCUT2D eigenvalue weighted by Crippen LogP contribution is 2.33. The summed E-state index contributed by atoms with van der Waals surface area (Å²) in [7, 11) is -3.89. The van der Waals surface area contributed by atoms with Gasteiger partial charge in [0.05, 0.1) is 22.0 Å². The van der Waals surface area contributed by atoms with E-state index >= 15 is 0 Å². The van der Waals surface area contributed by atoms with Crippen LogP contribution < -0.4 is 4.74 Å². The van der Waals surface area contributed by atoms with Gasteiger partial charge in [-0.05, 0) is 12.1 Å². The van der Waals surface area contributed by atoms with Gasteiger partial charge in [0, 0.05) is 35.6 Å². The fraction of sp³-hybridized carbons (Fsp3) is 0.235. The molecule has 30 heavy (non-hydrogen) atoms. The smallest absolute Gasteiger partial charge is 0.338 e. The summed E-state index contributed by atoms with van der Waals surface area (Å²) in [6.45, 7) is -0.410. The Hall–Kier alpha value is -3.58. The van der Waals surface area contributed by atoms with Crippen LogP contribution in [0.5, 0.6) is 5.75 Å². The number of ether oxygens (including phenoxy) is 3. The standard InChI is InChI=1S/C17H14N2O10S/c1-30(25,26)15-3-2-10(6-14(15)19(23)24)17(20)28-8-12-5-13(18(21)22)4-11-7-27-9-29-16(11)12/h2-6H,7-9H2,1H3. The number of sulfone groups is 1. The molecule has 1 aliphatic heterocycles. The first kappa shape index (κ1) is 21.1. The van der Waals surface area contributed by atoms with Crippen molar-refractivity contribution >= 4 is 27.2 Å². The van der Waals surface area contributed by atoms with E-state index in [1.54, 1.807) is 0 Å². The zero-order chi connectivity index (χ0) is 22.1. The zero-order valence-corrected chi connectivity index (χ0v) is 16.2. The van der Waals surface area contributed by atoms with E-state index in [1.807, 2.05) is 0 Å². The number of nitrogens with zero attached hydrogens (tertiary/aromatic N) is 2. The molecule has 0 radical (unpaired) electrons. The summed E-state index contributed by atoms with van der Waals surface area (Å²) in [5, 5.41) is 22.3. The average Bonchev–Trinajstić information content (AvgIpc) is 2.70. The van der Waals surface area contributed by atoms with Crippen molar-refractivity contribution in [2.45, 2.75) is 18.1 Å². The lowest BCUT2D eigenvalue weighted by molar-refractivity contribution is -0.387. The molecule has 0 fully saturated rings. The predicted molar refractivity (Wildman–Crippen MR) is 98.7 cm³/mol. The van der Waals surface area contributed by atoms with Crippen LogP contribution in [0.15, 0.2) is 35.2 Å². The summed E-state index contributed by atoms with van der Waals surface area (Å²) in [4.78, 5) is 32.6. The molecule has 0 unspecified atom stereocenters. The van der Waals surface area contributed by atoms with E-state index in [4.69, 9.17) is 14.2 Å². The van der Waals surface area contributed by atoms with Crippen LogP contribution in [0.1, 0.15) is 21.5 Å². The third-order valence-electron chi connectivity index (χ3n) is 4.13. The molecule has 0 saturated heterocycles. The van der Waals surface area contributed by atoms with E-state index in [9.17, 15) is 33.4 Å². The van der Waals surface area contributed by atoms with Gasteiger partial charge in [-0.25, -0.2) is 13.2 Å². The number of hydrogen-bond donors (Lipinski definition) is 0. The molecular weight excluding hydrogens is 424 g/mol. The minimum Gasteiger partial charge on any atom is -0.467 e. The summed E-state index contributed by atoms with van der Waals surface area (Å²) < 4.78 is 38.9. The molecule has 1 aliphatic rings. The van der Waals surface area contributed by atoms with Crippen molar-refractivity contribution in [2.75, 3.05) is 13.0 Å². The van der Waals surface area contributed by atoms with E-state index in [0.29, 0.717) is 5.56 Å². The van der Waals surface area contributed by atoms with Crippen LogP contribution in [0, 0.1) is 20.2 Å². The molecule has 0 spiro atoms. The van der Waals surface area contributed by atoms with E-state index in [-0.39, 0.29) is 36.0 Å². The highest BCUT2D eigenvalue weighted by atomic mass is 32.2. The second-order valence-electron chi connectivity index (χ2n) is 6.25. The Bertz CT molecular complexity index is 1160. The number of fused-ring (bicyclic) bond motifs is 1. The maximum Gasteiger partial charge on any atom is 0.338 e. The van der Waals surface area contributed by atoms with Gasteiger partial charge in [-0.3, -0.25) is 20.2 Å². The maximum absolute atomic E-state index is 12.3. The Morgan fingerprint density at radius 2 is 1.90 bits per heavy atom. The van der Waals surface area contributed by atoms with Gasteiger partial charge >= 0.3 is 5.97 Å². The lowest BCUT2D eigenvalue weighted by Gasteiger charge is -2.20. The van der Waals surface area contributed by atoms with Gasteiger partial charge in [-0.1, -0.05) is 0 Å². The number of nitro benzene ring substituents is 2. The average molecular weight is 438 g/mol. The van der Waals surface area contributed by atoms with Crippen molar-refractivity contribution in [3.05, 3.63) is 67.3 Å². The van der Waals surface area contributed by atoms with E-state index < -0.39 is 42.8 Å². The Labute approximate surface area is 169 Å². The van der Waals surface area contributed by atoms with Gasteiger partial charge in [-0.15, -0.1) is 0 Å². The quantitative estimate of drug-likeness (QED) is 0.370. The lowest BCUT2D eigenvalue weighted by Crippen LogP contribution is -2.15. The van der Waals surface area contributed by atoms with Crippen LogP contribution in [0.2, 0.25) is 0 Å². The number of rotatable bonds is 6. The van der Waals surface area contributed by atoms with Crippen LogP contribution in [-0.2, 0) is 32.5 Å². The monoisotopic (exact) mass is 438 g/mol. The Morgan fingerprint density at radius 3 is 2.53 bits per heavy atom. The van der Waals surface area contributed by atoms with Crippen molar-refractivity contribution in [3.63, 3.8) is 0 Å². The summed E-state index contributed by atoms with van der Waals surface area (Å²) in [5.41, 5.74) is -0.632. The molecule has 2 aromatic carbocycles. The molecule has 0 aliphatic carbocycles. The Balaban J connectivity index is 1.88. The summed E-state index contributed by atoms with van der Waals surface area (Å²) in [6.07, 6.45) is 0.808. The topological polar surface area (TPSA) is 165 Å². The lowest BCUT2D eigenvalue weighted by atomic mass is 10.1. The van der Waals surface area contributed by atoms with E-state index in [0.717, 1.165) is 24.5 Å². The summed E-state index contributed by atoms with van der Waals surface area (Å²) in [5.74, 6) is -0.691. The number of carbonyl (C=O) groups is 1. The van der Waals surface area contributed by atoms with Crippen molar-refractivity contribution in [2.24, 2.45) is 0 Å². The van der Waals surface area contributed by atoms with Crippen LogP contribution in [0.4, 0.5) is 11.4 Å². The highest BCUT2D eigenvalue weighted by Gasteiger charge is 2.25. The molecule has 0 bridgehead atoms. The Morgan fingerprint density at radius 1 is 1.17 bits per heavy atom. The molecule has 12 nitrogen and oxygen atoms in total. The minimum absolute atomic E-state index is 0.0785. The van der Waals surface area contributed by atoms with Crippen LogP contribution >= 0.6 is 0 Å².